The zero-order valence-corrected chi connectivity index (χ0v) is 5.86. The number of aryl methyl sites for hydroxylation is 1. The summed E-state index contributed by atoms with van der Waals surface area (Å²) >= 11 is 0. The number of hydrogen-bond donors (Lipinski definition) is 0. The van der Waals surface area contributed by atoms with Crippen LogP contribution in [0.5, 0.6) is 0 Å². The molecule has 1 aromatic rings. The highest BCUT2D eigenvalue weighted by Crippen LogP contribution is 2.12. The van der Waals surface area contributed by atoms with Gasteiger partial charge < -0.3 is 0 Å². The van der Waals surface area contributed by atoms with E-state index in [1.807, 2.05) is 0 Å². The number of nitriles is 1. The lowest BCUT2D eigenvalue weighted by Crippen LogP contribution is -1.89. The third-order valence-corrected chi connectivity index (χ3v) is 1.37. The molecule has 1 rings (SSSR count). The first-order valence-corrected chi connectivity index (χ1v) is 3.01. The molecule has 0 aliphatic rings. The highest BCUT2D eigenvalue weighted by molar-refractivity contribution is 5.33. The zero-order chi connectivity index (χ0) is 8.43. The summed E-state index contributed by atoms with van der Waals surface area (Å²) in [4.78, 5) is 0. The van der Waals surface area contributed by atoms with Gasteiger partial charge in [-0.1, -0.05) is 0 Å². The Bertz CT molecular complexity index is 326. The molecule has 0 saturated carbocycles. The molecule has 0 atom stereocenters. The number of hydrogen-bond acceptors (Lipinski definition) is 1. The molecule has 0 radical (unpaired) electrons. The minimum atomic E-state index is -0.675. The molecule has 0 saturated heterocycles. The summed E-state index contributed by atoms with van der Waals surface area (Å²) in [6.07, 6.45) is 0. The maximum atomic E-state index is 12.6. The summed E-state index contributed by atoms with van der Waals surface area (Å²) in [6.45, 7) is 1.44. The number of benzene rings is 1. The van der Waals surface area contributed by atoms with Crippen molar-refractivity contribution in [2.45, 2.75) is 6.92 Å². The molecule has 1 nitrogen and oxygen atoms in total. The second kappa shape index (κ2) is 2.67. The summed E-state index contributed by atoms with van der Waals surface area (Å²) in [6, 6.07) is 3.45. The van der Waals surface area contributed by atoms with E-state index >= 15 is 0 Å². The first kappa shape index (κ1) is 7.67. The van der Waals surface area contributed by atoms with Crippen LogP contribution in [-0.4, -0.2) is 0 Å². The van der Waals surface area contributed by atoms with Crippen molar-refractivity contribution in [1.82, 2.24) is 0 Å². The van der Waals surface area contributed by atoms with E-state index in [-0.39, 0.29) is 11.1 Å². The largest absolute Gasteiger partial charge is 0.207 e. The number of rotatable bonds is 0. The van der Waals surface area contributed by atoms with Crippen LogP contribution < -0.4 is 0 Å². The fourth-order valence-electron chi connectivity index (χ4n) is 0.732. The summed E-state index contributed by atoms with van der Waals surface area (Å²) in [5, 5.41) is 8.28. The third kappa shape index (κ3) is 1.35. The van der Waals surface area contributed by atoms with Crippen molar-refractivity contribution in [3.63, 3.8) is 0 Å². The van der Waals surface area contributed by atoms with Crippen molar-refractivity contribution >= 4 is 0 Å². The van der Waals surface area contributed by atoms with Gasteiger partial charge in [0.15, 0.2) is 0 Å². The van der Waals surface area contributed by atoms with Crippen LogP contribution in [0.2, 0.25) is 0 Å². The summed E-state index contributed by atoms with van der Waals surface area (Å²) < 4.78 is 25.3. The van der Waals surface area contributed by atoms with Crippen LogP contribution in [0.1, 0.15) is 11.1 Å². The number of nitrogens with zero attached hydrogens (tertiary/aromatic N) is 1. The lowest BCUT2D eigenvalue weighted by atomic mass is 10.1. The van der Waals surface area contributed by atoms with E-state index in [2.05, 4.69) is 0 Å². The Morgan fingerprint density at radius 1 is 1.27 bits per heavy atom. The fourth-order valence-corrected chi connectivity index (χ4v) is 0.732. The fraction of sp³-hybridized carbons (Fsp3) is 0.125. The monoisotopic (exact) mass is 153 g/mol. The topological polar surface area (TPSA) is 23.8 Å². The molecule has 0 fully saturated rings. The van der Waals surface area contributed by atoms with Crippen molar-refractivity contribution in [3.8, 4) is 6.07 Å². The van der Waals surface area contributed by atoms with E-state index in [0.29, 0.717) is 0 Å². The van der Waals surface area contributed by atoms with Gasteiger partial charge in [-0.25, -0.2) is 8.78 Å². The second-order valence-electron chi connectivity index (χ2n) is 2.19. The molecule has 56 valence electrons. The Labute approximate surface area is 62.9 Å². The normalized spacial score (nSPS) is 9.27. The van der Waals surface area contributed by atoms with Crippen LogP contribution in [-0.2, 0) is 0 Å². The molecular weight excluding hydrogens is 148 g/mol. The smallest absolute Gasteiger partial charge is 0.141 e. The van der Waals surface area contributed by atoms with Gasteiger partial charge in [0.1, 0.15) is 17.7 Å². The van der Waals surface area contributed by atoms with Crippen molar-refractivity contribution < 1.29 is 8.78 Å². The molecular formula is C8H5F2N. The van der Waals surface area contributed by atoms with Crippen LogP contribution in [0.25, 0.3) is 0 Å². The van der Waals surface area contributed by atoms with Crippen molar-refractivity contribution in [2.24, 2.45) is 0 Å². The minimum Gasteiger partial charge on any atom is -0.207 e. The zero-order valence-electron chi connectivity index (χ0n) is 5.86. The molecule has 0 heterocycles. The van der Waals surface area contributed by atoms with E-state index in [4.69, 9.17) is 5.26 Å². The van der Waals surface area contributed by atoms with E-state index in [1.165, 1.54) is 6.92 Å². The first-order valence-electron chi connectivity index (χ1n) is 3.01. The number of halogens is 2. The lowest BCUT2D eigenvalue weighted by Gasteiger charge is -1.96. The molecule has 0 amide bonds. The van der Waals surface area contributed by atoms with Crippen LogP contribution in [0.15, 0.2) is 12.1 Å². The lowest BCUT2D eigenvalue weighted by molar-refractivity contribution is 0.589. The van der Waals surface area contributed by atoms with Crippen LogP contribution in [0.4, 0.5) is 8.78 Å². The van der Waals surface area contributed by atoms with Crippen LogP contribution in [0.3, 0.4) is 0 Å². The molecule has 0 unspecified atom stereocenters. The van der Waals surface area contributed by atoms with Gasteiger partial charge in [0.05, 0.1) is 5.56 Å². The maximum absolute atomic E-state index is 12.6. The Kier molecular flexibility index (Phi) is 1.86. The minimum absolute atomic E-state index is 0.210. The van der Waals surface area contributed by atoms with Gasteiger partial charge >= 0.3 is 0 Å². The summed E-state index contributed by atoms with van der Waals surface area (Å²) in [5.41, 5.74) is -0.0467. The SMILES string of the molecule is Cc1cc(F)c(C#N)cc1F. The van der Waals surface area contributed by atoms with Crippen LogP contribution in [0, 0.1) is 29.9 Å². The summed E-state index contributed by atoms with van der Waals surface area (Å²) in [5.74, 6) is -1.23. The van der Waals surface area contributed by atoms with Crippen LogP contribution >= 0.6 is 0 Å². The molecule has 0 N–H and O–H groups in total. The molecule has 11 heavy (non-hydrogen) atoms. The van der Waals surface area contributed by atoms with Crippen molar-refractivity contribution in [3.05, 3.63) is 34.9 Å². The molecule has 0 bridgehead atoms. The molecule has 1 aromatic carbocycles. The van der Waals surface area contributed by atoms with Gasteiger partial charge in [-0.05, 0) is 24.6 Å². The second-order valence-corrected chi connectivity index (χ2v) is 2.19. The Balaban J connectivity index is 3.35. The maximum Gasteiger partial charge on any atom is 0.141 e. The van der Waals surface area contributed by atoms with Gasteiger partial charge in [-0.2, -0.15) is 5.26 Å². The molecule has 3 heteroatoms. The predicted molar refractivity (Wildman–Crippen MR) is 35.8 cm³/mol. The van der Waals surface area contributed by atoms with E-state index in [1.54, 1.807) is 6.07 Å². The van der Waals surface area contributed by atoms with Gasteiger partial charge in [0.25, 0.3) is 0 Å². The summed E-state index contributed by atoms with van der Waals surface area (Å²) in [7, 11) is 0. The Morgan fingerprint density at radius 2 is 1.91 bits per heavy atom. The van der Waals surface area contributed by atoms with E-state index in [0.717, 1.165) is 12.1 Å². The Hall–Kier alpha value is -1.43. The highest BCUT2D eigenvalue weighted by atomic mass is 19.1. The molecule has 0 spiro atoms. The van der Waals surface area contributed by atoms with Crippen molar-refractivity contribution in [2.75, 3.05) is 0 Å². The first-order chi connectivity index (χ1) is 5.15. The molecule has 0 aliphatic heterocycles. The third-order valence-electron chi connectivity index (χ3n) is 1.37. The van der Waals surface area contributed by atoms with Gasteiger partial charge in [0.2, 0.25) is 0 Å². The molecule has 0 aliphatic carbocycles. The molecule has 0 aromatic heterocycles. The average molecular weight is 153 g/mol. The Morgan fingerprint density at radius 3 is 2.45 bits per heavy atom. The highest BCUT2D eigenvalue weighted by Gasteiger charge is 2.05. The van der Waals surface area contributed by atoms with Gasteiger partial charge in [0, 0.05) is 0 Å². The predicted octanol–water partition coefficient (Wildman–Crippen LogP) is 2.14. The van der Waals surface area contributed by atoms with E-state index in [9.17, 15) is 8.78 Å². The van der Waals surface area contributed by atoms with E-state index < -0.39 is 11.6 Å². The van der Waals surface area contributed by atoms with Gasteiger partial charge in [-0.3, -0.25) is 0 Å². The van der Waals surface area contributed by atoms with Crippen molar-refractivity contribution in [1.29, 1.82) is 5.26 Å². The average Bonchev–Trinajstić information content (AvgIpc) is 1.97. The quantitative estimate of drug-likeness (QED) is 0.560. The standard InChI is InChI=1S/C8H5F2N/c1-5-2-8(10)6(4-11)3-7(5)9/h2-3H,1H3. The van der Waals surface area contributed by atoms with Gasteiger partial charge in [-0.15, -0.1) is 0 Å².